The topological polar surface area (TPSA) is 141 Å². The number of aliphatic hydroxyl groups is 3. The minimum atomic E-state index is -1.43. The summed E-state index contributed by atoms with van der Waals surface area (Å²) in [5.74, 6) is 0. The first-order chi connectivity index (χ1) is 10.0. The van der Waals surface area contributed by atoms with E-state index in [4.69, 9.17) is 25.1 Å². The van der Waals surface area contributed by atoms with E-state index in [0.717, 1.165) is 4.43 Å². The number of ether oxygens (including phenoxy) is 4. The monoisotopic (exact) mass is 421 g/mol. The SMILES string of the molecule is NC(=O)O[C@@H]1[C@H](O)[C@@H](OCCOCCI)O[C@H](CO)[C@H]1O. The second kappa shape index (κ2) is 9.71. The molecule has 0 aromatic rings. The van der Waals surface area contributed by atoms with Crippen LogP contribution in [0.15, 0.2) is 0 Å². The number of amides is 1. The molecule has 1 aliphatic rings. The summed E-state index contributed by atoms with van der Waals surface area (Å²) in [4.78, 5) is 10.8. The summed E-state index contributed by atoms with van der Waals surface area (Å²) in [6, 6.07) is 0. The number of alkyl halides is 1. The Morgan fingerprint density at radius 2 is 1.95 bits per heavy atom. The molecule has 1 amide bonds. The van der Waals surface area contributed by atoms with Crippen molar-refractivity contribution in [3.63, 3.8) is 0 Å². The summed E-state index contributed by atoms with van der Waals surface area (Å²) in [5.41, 5.74) is 4.89. The zero-order valence-electron chi connectivity index (χ0n) is 11.3. The molecule has 5 atom stereocenters. The van der Waals surface area contributed by atoms with Crippen LogP contribution in [-0.2, 0) is 18.9 Å². The summed E-state index contributed by atoms with van der Waals surface area (Å²) in [6.45, 7) is 0.472. The number of halogens is 1. The van der Waals surface area contributed by atoms with Crippen molar-refractivity contribution < 1.29 is 39.1 Å². The lowest BCUT2D eigenvalue weighted by molar-refractivity contribution is -0.301. The molecule has 10 heteroatoms. The van der Waals surface area contributed by atoms with Crippen molar-refractivity contribution in [1.29, 1.82) is 0 Å². The lowest BCUT2D eigenvalue weighted by Gasteiger charge is -2.40. The third-order valence-corrected chi connectivity index (χ3v) is 3.25. The molecule has 0 aliphatic carbocycles. The fourth-order valence-corrected chi connectivity index (χ4v) is 2.16. The summed E-state index contributed by atoms with van der Waals surface area (Å²) < 4.78 is 21.2. The lowest BCUT2D eigenvalue weighted by atomic mass is 9.99. The van der Waals surface area contributed by atoms with E-state index >= 15 is 0 Å². The van der Waals surface area contributed by atoms with Gasteiger partial charge in [0.2, 0.25) is 0 Å². The van der Waals surface area contributed by atoms with E-state index in [1.54, 1.807) is 0 Å². The standard InChI is InChI=1S/C11H20INO8/c12-1-2-18-3-4-19-10-8(16)9(21-11(13)17)7(15)6(5-14)20-10/h6-10,14-16H,1-5H2,(H2,13,17)/t6-,7-,8+,9+,10+/m1/s1. The molecule has 0 unspecified atom stereocenters. The molecule has 21 heavy (non-hydrogen) atoms. The number of rotatable bonds is 8. The van der Waals surface area contributed by atoms with Gasteiger partial charge in [0, 0.05) is 4.43 Å². The average molecular weight is 421 g/mol. The second-order valence-corrected chi connectivity index (χ2v) is 5.36. The van der Waals surface area contributed by atoms with Gasteiger partial charge in [-0.15, -0.1) is 0 Å². The van der Waals surface area contributed by atoms with Gasteiger partial charge in [0.1, 0.15) is 18.3 Å². The zero-order valence-corrected chi connectivity index (χ0v) is 13.4. The maximum Gasteiger partial charge on any atom is 0.404 e. The second-order valence-electron chi connectivity index (χ2n) is 4.28. The Kier molecular flexibility index (Phi) is 8.70. The smallest absolute Gasteiger partial charge is 0.404 e. The number of carbonyl (C=O) groups is 1. The maximum absolute atomic E-state index is 10.8. The molecular formula is C11H20INO8. The van der Waals surface area contributed by atoms with Crippen LogP contribution < -0.4 is 5.73 Å². The first-order valence-electron chi connectivity index (χ1n) is 6.35. The van der Waals surface area contributed by atoms with Gasteiger partial charge in [-0.1, -0.05) is 22.6 Å². The van der Waals surface area contributed by atoms with Gasteiger partial charge < -0.3 is 40.0 Å². The molecule has 1 rings (SSSR count). The van der Waals surface area contributed by atoms with E-state index in [-0.39, 0.29) is 6.61 Å². The van der Waals surface area contributed by atoms with Gasteiger partial charge in [-0.3, -0.25) is 0 Å². The van der Waals surface area contributed by atoms with Crippen LogP contribution in [0.2, 0.25) is 0 Å². The van der Waals surface area contributed by atoms with Crippen LogP contribution in [0.25, 0.3) is 0 Å². The number of aliphatic hydroxyl groups excluding tert-OH is 3. The van der Waals surface area contributed by atoms with Crippen molar-refractivity contribution >= 4 is 28.7 Å². The molecule has 0 aromatic heterocycles. The van der Waals surface area contributed by atoms with Gasteiger partial charge in [0.25, 0.3) is 0 Å². The largest absolute Gasteiger partial charge is 0.441 e. The number of primary amides is 1. The van der Waals surface area contributed by atoms with E-state index in [1.165, 1.54) is 0 Å². The van der Waals surface area contributed by atoms with Crippen LogP contribution in [0, 0.1) is 0 Å². The van der Waals surface area contributed by atoms with Crippen LogP contribution in [0.3, 0.4) is 0 Å². The quantitative estimate of drug-likeness (QED) is 0.208. The predicted octanol–water partition coefficient (Wildman–Crippen LogP) is -1.64. The van der Waals surface area contributed by atoms with Crippen molar-refractivity contribution in [3.8, 4) is 0 Å². The number of carbonyl (C=O) groups excluding carboxylic acids is 1. The van der Waals surface area contributed by atoms with Crippen molar-refractivity contribution in [2.75, 3.05) is 30.9 Å². The van der Waals surface area contributed by atoms with Gasteiger partial charge >= 0.3 is 6.09 Å². The minimum absolute atomic E-state index is 0.135. The highest BCUT2D eigenvalue weighted by Crippen LogP contribution is 2.24. The Hall–Kier alpha value is -0.240. The predicted molar refractivity (Wildman–Crippen MR) is 77.9 cm³/mol. The fourth-order valence-electron chi connectivity index (χ4n) is 1.84. The van der Waals surface area contributed by atoms with Gasteiger partial charge in [-0.05, 0) is 0 Å². The molecule has 0 spiro atoms. The third kappa shape index (κ3) is 5.81. The van der Waals surface area contributed by atoms with Crippen molar-refractivity contribution in [2.24, 2.45) is 5.73 Å². The van der Waals surface area contributed by atoms with Gasteiger partial charge in [-0.25, -0.2) is 4.79 Å². The van der Waals surface area contributed by atoms with Crippen molar-refractivity contribution in [3.05, 3.63) is 0 Å². The van der Waals surface area contributed by atoms with E-state index in [1.807, 2.05) is 0 Å². The summed E-state index contributed by atoms with van der Waals surface area (Å²) in [6.07, 6.45) is -7.56. The van der Waals surface area contributed by atoms with E-state index in [2.05, 4.69) is 27.3 Å². The summed E-state index contributed by atoms with van der Waals surface area (Å²) >= 11 is 2.16. The highest BCUT2D eigenvalue weighted by atomic mass is 127. The molecule has 5 N–H and O–H groups in total. The lowest BCUT2D eigenvalue weighted by Crippen LogP contribution is -2.60. The Morgan fingerprint density at radius 1 is 1.24 bits per heavy atom. The first kappa shape index (κ1) is 18.8. The highest BCUT2D eigenvalue weighted by Gasteiger charge is 2.47. The van der Waals surface area contributed by atoms with Gasteiger partial charge in [0.05, 0.1) is 26.4 Å². The average Bonchev–Trinajstić information content (AvgIpc) is 2.45. The number of hydrogen-bond acceptors (Lipinski definition) is 8. The van der Waals surface area contributed by atoms with Gasteiger partial charge in [-0.2, -0.15) is 0 Å². The molecule has 1 saturated heterocycles. The normalized spacial score (nSPS) is 32.9. The third-order valence-electron chi connectivity index (χ3n) is 2.81. The van der Waals surface area contributed by atoms with E-state index in [9.17, 15) is 15.0 Å². The summed E-state index contributed by atoms with van der Waals surface area (Å²) in [5, 5.41) is 29.0. The van der Waals surface area contributed by atoms with Crippen LogP contribution in [-0.4, -0.2) is 83.0 Å². The van der Waals surface area contributed by atoms with Crippen LogP contribution >= 0.6 is 22.6 Å². The summed E-state index contributed by atoms with van der Waals surface area (Å²) in [7, 11) is 0. The van der Waals surface area contributed by atoms with Crippen molar-refractivity contribution in [2.45, 2.75) is 30.7 Å². The maximum atomic E-state index is 10.8. The number of hydrogen-bond donors (Lipinski definition) is 4. The molecule has 0 aromatic carbocycles. The zero-order chi connectivity index (χ0) is 15.8. The molecule has 1 fully saturated rings. The van der Waals surface area contributed by atoms with Crippen LogP contribution in [0.1, 0.15) is 0 Å². The van der Waals surface area contributed by atoms with Crippen molar-refractivity contribution in [1.82, 2.24) is 0 Å². The van der Waals surface area contributed by atoms with Crippen LogP contribution in [0.5, 0.6) is 0 Å². The minimum Gasteiger partial charge on any atom is -0.441 e. The molecule has 0 radical (unpaired) electrons. The Labute approximate surface area is 135 Å². The van der Waals surface area contributed by atoms with Crippen LogP contribution in [0.4, 0.5) is 4.79 Å². The molecule has 0 saturated carbocycles. The fraction of sp³-hybridized carbons (Fsp3) is 0.909. The van der Waals surface area contributed by atoms with Gasteiger partial charge in [0.15, 0.2) is 12.4 Å². The molecule has 9 nitrogen and oxygen atoms in total. The first-order valence-corrected chi connectivity index (χ1v) is 7.87. The Balaban J connectivity index is 2.55. The molecule has 1 heterocycles. The Bertz CT molecular complexity index is 321. The molecular weight excluding hydrogens is 401 g/mol. The van der Waals surface area contributed by atoms with E-state index in [0.29, 0.717) is 13.2 Å². The molecule has 0 bridgehead atoms. The Morgan fingerprint density at radius 3 is 2.52 bits per heavy atom. The highest BCUT2D eigenvalue weighted by molar-refractivity contribution is 14.1. The molecule has 1 aliphatic heterocycles. The molecule has 124 valence electrons. The number of nitrogens with two attached hydrogens (primary N) is 1. The van der Waals surface area contributed by atoms with E-state index < -0.39 is 43.4 Å².